The van der Waals surface area contributed by atoms with Crippen LogP contribution in [0.25, 0.3) is 0 Å². The van der Waals surface area contributed by atoms with Gasteiger partial charge in [-0.25, -0.2) is 4.79 Å². The summed E-state index contributed by atoms with van der Waals surface area (Å²) in [4.78, 5) is 34.4. The van der Waals surface area contributed by atoms with Gasteiger partial charge in [0.25, 0.3) is 5.91 Å². The van der Waals surface area contributed by atoms with Crippen LogP contribution in [0.4, 0.5) is 0 Å². The Hall–Kier alpha value is -2.37. The molecule has 120 valence electrons. The number of hydrogen-bond donors (Lipinski definition) is 3. The van der Waals surface area contributed by atoms with Crippen LogP contribution >= 0.6 is 0 Å². The number of rotatable bonds is 8. The highest BCUT2D eigenvalue weighted by atomic mass is 16.4. The van der Waals surface area contributed by atoms with Gasteiger partial charge < -0.3 is 15.7 Å². The maximum Gasteiger partial charge on any atom is 0.326 e. The summed E-state index contributed by atoms with van der Waals surface area (Å²) in [6.45, 7) is 1.87. The van der Waals surface area contributed by atoms with E-state index in [-0.39, 0.29) is 18.2 Å². The van der Waals surface area contributed by atoms with Crippen molar-refractivity contribution in [1.82, 2.24) is 10.6 Å². The maximum absolute atomic E-state index is 11.8. The van der Waals surface area contributed by atoms with Crippen molar-refractivity contribution in [2.75, 3.05) is 7.05 Å². The topological polar surface area (TPSA) is 95.5 Å². The second kappa shape index (κ2) is 8.81. The number of carboxylic acids is 1. The zero-order chi connectivity index (χ0) is 16.5. The molecule has 22 heavy (non-hydrogen) atoms. The molecule has 1 aromatic carbocycles. The molecule has 0 aliphatic carbocycles. The second-order valence-corrected chi connectivity index (χ2v) is 5.03. The monoisotopic (exact) mass is 306 g/mol. The predicted octanol–water partition coefficient (Wildman–Crippen LogP) is 1.35. The zero-order valence-electron chi connectivity index (χ0n) is 12.9. The van der Waals surface area contributed by atoms with Crippen molar-refractivity contribution in [2.24, 2.45) is 0 Å². The van der Waals surface area contributed by atoms with Gasteiger partial charge >= 0.3 is 5.97 Å². The fourth-order valence-electron chi connectivity index (χ4n) is 2.08. The van der Waals surface area contributed by atoms with Crippen LogP contribution in [0.1, 0.15) is 42.1 Å². The summed E-state index contributed by atoms with van der Waals surface area (Å²) in [5, 5.41) is 14.1. The van der Waals surface area contributed by atoms with Crippen molar-refractivity contribution < 1.29 is 19.5 Å². The van der Waals surface area contributed by atoms with E-state index in [1.54, 1.807) is 25.2 Å². The zero-order valence-corrected chi connectivity index (χ0v) is 12.9. The molecule has 3 N–H and O–H groups in total. The number of hydrogen-bond acceptors (Lipinski definition) is 3. The van der Waals surface area contributed by atoms with Crippen molar-refractivity contribution in [3.8, 4) is 0 Å². The molecule has 0 heterocycles. The third-order valence-electron chi connectivity index (χ3n) is 3.27. The quantitative estimate of drug-likeness (QED) is 0.675. The van der Waals surface area contributed by atoms with E-state index in [0.29, 0.717) is 24.8 Å². The molecule has 1 aromatic rings. The highest BCUT2D eigenvalue weighted by Crippen LogP contribution is 2.08. The first-order chi connectivity index (χ1) is 10.5. The summed E-state index contributed by atoms with van der Waals surface area (Å²) < 4.78 is 0. The van der Waals surface area contributed by atoms with Crippen LogP contribution < -0.4 is 10.6 Å². The lowest BCUT2D eigenvalue weighted by Gasteiger charge is -2.13. The largest absolute Gasteiger partial charge is 0.480 e. The molecule has 2 amide bonds. The second-order valence-electron chi connectivity index (χ2n) is 5.03. The van der Waals surface area contributed by atoms with Crippen molar-refractivity contribution in [3.05, 3.63) is 35.4 Å². The van der Waals surface area contributed by atoms with Gasteiger partial charge in [0.05, 0.1) is 0 Å². The summed E-state index contributed by atoms with van der Waals surface area (Å²) in [7, 11) is 1.56. The van der Waals surface area contributed by atoms with Gasteiger partial charge in [0.15, 0.2) is 0 Å². The summed E-state index contributed by atoms with van der Waals surface area (Å²) in [5.74, 6) is -1.50. The van der Waals surface area contributed by atoms with E-state index in [0.717, 1.165) is 5.56 Å². The average molecular weight is 306 g/mol. The summed E-state index contributed by atoms with van der Waals surface area (Å²) in [6, 6.07) is 6.18. The number of benzene rings is 1. The minimum atomic E-state index is -1.02. The molecular formula is C16H22N2O4. The van der Waals surface area contributed by atoms with Crippen LogP contribution in [0.5, 0.6) is 0 Å². The maximum atomic E-state index is 11.8. The number of carbonyl (C=O) groups excluding carboxylic acids is 2. The Balaban J connectivity index is 2.57. The predicted molar refractivity (Wildman–Crippen MR) is 82.6 cm³/mol. The molecule has 0 saturated carbocycles. The lowest BCUT2D eigenvalue weighted by molar-refractivity contribution is -0.142. The first-order valence-electron chi connectivity index (χ1n) is 7.31. The van der Waals surface area contributed by atoms with Crippen molar-refractivity contribution in [2.45, 2.75) is 38.6 Å². The minimum Gasteiger partial charge on any atom is -0.480 e. The Morgan fingerprint density at radius 1 is 1.27 bits per heavy atom. The first kappa shape index (κ1) is 17.7. The van der Waals surface area contributed by atoms with Crippen LogP contribution in [0.3, 0.4) is 0 Å². The van der Waals surface area contributed by atoms with E-state index in [9.17, 15) is 14.4 Å². The highest BCUT2D eigenvalue weighted by molar-refractivity contribution is 5.94. The van der Waals surface area contributed by atoms with E-state index in [4.69, 9.17) is 5.11 Å². The molecule has 0 aliphatic heterocycles. The van der Waals surface area contributed by atoms with Gasteiger partial charge in [-0.05, 0) is 30.5 Å². The average Bonchev–Trinajstić information content (AvgIpc) is 2.52. The standard InChI is InChI=1S/C16H22N2O4/c1-3-5-13(16(21)22)18-14(19)9-8-11-6-4-7-12(10-11)15(20)17-2/h4,6-7,10,13H,3,5,8-9H2,1-2H3,(H,17,20)(H,18,19)(H,21,22). The first-order valence-corrected chi connectivity index (χ1v) is 7.31. The smallest absolute Gasteiger partial charge is 0.326 e. The Morgan fingerprint density at radius 2 is 2.00 bits per heavy atom. The van der Waals surface area contributed by atoms with Crippen LogP contribution in [0, 0.1) is 0 Å². The van der Waals surface area contributed by atoms with Gasteiger partial charge in [0, 0.05) is 19.0 Å². The van der Waals surface area contributed by atoms with Gasteiger partial charge in [-0.2, -0.15) is 0 Å². The van der Waals surface area contributed by atoms with E-state index in [2.05, 4.69) is 10.6 Å². The number of aliphatic carboxylic acids is 1. The molecule has 1 unspecified atom stereocenters. The lowest BCUT2D eigenvalue weighted by Crippen LogP contribution is -2.40. The SMILES string of the molecule is CCCC(NC(=O)CCc1cccc(C(=O)NC)c1)C(=O)O. The molecule has 0 saturated heterocycles. The Bertz CT molecular complexity index is 543. The molecule has 0 aromatic heterocycles. The van der Waals surface area contributed by atoms with Crippen LogP contribution in [-0.4, -0.2) is 36.0 Å². The van der Waals surface area contributed by atoms with Crippen LogP contribution in [-0.2, 0) is 16.0 Å². The molecule has 0 fully saturated rings. The molecule has 0 aliphatic rings. The summed E-state index contributed by atoms with van der Waals surface area (Å²) in [5.41, 5.74) is 1.40. The number of carbonyl (C=O) groups is 3. The Morgan fingerprint density at radius 3 is 2.59 bits per heavy atom. The third-order valence-corrected chi connectivity index (χ3v) is 3.27. The molecule has 1 atom stereocenters. The third kappa shape index (κ3) is 5.55. The van der Waals surface area contributed by atoms with Crippen molar-refractivity contribution >= 4 is 17.8 Å². The molecule has 0 spiro atoms. The molecule has 0 bridgehead atoms. The molecule has 6 nitrogen and oxygen atoms in total. The van der Waals surface area contributed by atoms with Gasteiger partial charge in [0.1, 0.15) is 6.04 Å². The van der Waals surface area contributed by atoms with Gasteiger partial charge in [0.2, 0.25) is 5.91 Å². The van der Waals surface area contributed by atoms with Crippen molar-refractivity contribution in [3.63, 3.8) is 0 Å². The van der Waals surface area contributed by atoms with Crippen LogP contribution in [0.2, 0.25) is 0 Å². The number of carboxylic acid groups (broad SMARTS) is 1. The van der Waals surface area contributed by atoms with E-state index in [1.807, 2.05) is 13.0 Å². The fraction of sp³-hybridized carbons (Fsp3) is 0.438. The summed E-state index contributed by atoms with van der Waals surface area (Å²) in [6.07, 6.45) is 1.73. The molecule has 1 rings (SSSR count). The molecule has 6 heteroatoms. The van der Waals surface area contributed by atoms with E-state index >= 15 is 0 Å². The number of aryl methyl sites for hydroxylation is 1. The normalized spacial score (nSPS) is 11.5. The Kier molecular flexibility index (Phi) is 7.08. The Labute approximate surface area is 129 Å². The van der Waals surface area contributed by atoms with E-state index < -0.39 is 12.0 Å². The fourth-order valence-corrected chi connectivity index (χ4v) is 2.08. The summed E-state index contributed by atoms with van der Waals surface area (Å²) >= 11 is 0. The van der Waals surface area contributed by atoms with Gasteiger partial charge in [-0.3, -0.25) is 9.59 Å². The van der Waals surface area contributed by atoms with Gasteiger partial charge in [-0.1, -0.05) is 25.5 Å². The van der Waals surface area contributed by atoms with E-state index in [1.165, 1.54) is 0 Å². The molecule has 0 radical (unpaired) electrons. The van der Waals surface area contributed by atoms with Crippen molar-refractivity contribution in [1.29, 1.82) is 0 Å². The minimum absolute atomic E-state index is 0.180. The van der Waals surface area contributed by atoms with Crippen LogP contribution in [0.15, 0.2) is 24.3 Å². The van der Waals surface area contributed by atoms with Gasteiger partial charge in [-0.15, -0.1) is 0 Å². The lowest BCUT2D eigenvalue weighted by atomic mass is 10.1. The molecular weight excluding hydrogens is 284 g/mol. The highest BCUT2D eigenvalue weighted by Gasteiger charge is 2.18. The number of amides is 2. The number of nitrogens with one attached hydrogen (secondary N) is 2.